The van der Waals surface area contributed by atoms with Gasteiger partial charge in [-0.25, -0.2) is 4.98 Å². The van der Waals surface area contributed by atoms with Gasteiger partial charge in [0.15, 0.2) is 0 Å². The highest BCUT2D eigenvalue weighted by Crippen LogP contribution is 2.28. The predicted octanol–water partition coefficient (Wildman–Crippen LogP) is 1.65. The minimum Gasteiger partial charge on any atom is -0.371 e. The van der Waals surface area contributed by atoms with E-state index >= 15 is 0 Å². The van der Waals surface area contributed by atoms with Crippen molar-refractivity contribution < 1.29 is 9.53 Å². The summed E-state index contributed by atoms with van der Waals surface area (Å²) in [4.78, 5) is 20.6. The van der Waals surface area contributed by atoms with Crippen molar-refractivity contribution in [2.45, 2.75) is 45.4 Å². The molecule has 0 bridgehead atoms. The van der Waals surface area contributed by atoms with E-state index < -0.39 is 0 Å². The molecular weight excluding hydrogens is 294 g/mol. The van der Waals surface area contributed by atoms with Gasteiger partial charge in [-0.2, -0.15) is 5.10 Å². The van der Waals surface area contributed by atoms with Crippen molar-refractivity contribution in [2.24, 2.45) is 0 Å². The topological polar surface area (TPSA) is 81.9 Å². The number of rotatable bonds is 4. The van der Waals surface area contributed by atoms with Gasteiger partial charge in [0.2, 0.25) is 0 Å². The first-order valence-corrected chi connectivity index (χ1v) is 7.91. The van der Waals surface area contributed by atoms with E-state index in [0.717, 1.165) is 30.6 Å². The Bertz CT molecular complexity index is 667. The van der Waals surface area contributed by atoms with E-state index in [1.54, 1.807) is 6.20 Å². The fourth-order valence-electron chi connectivity index (χ4n) is 2.71. The average molecular weight is 315 g/mol. The zero-order chi connectivity index (χ0) is 16.2. The van der Waals surface area contributed by atoms with Crippen LogP contribution in [0.1, 0.15) is 47.6 Å². The maximum Gasteiger partial charge on any atom is 0.271 e. The van der Waals surface area contributed by atoms with Gasteiger partial charge in [-0.05, 0) is 26.7 Å². The summed E-state index contributed by atoms with van der Waals surface area (Å²) < 4.78 is 7.74. The molecule has 1 saturated heterocycles. The summed E-state index contributed by atoms with van der Waals surface area (Å²) in [6.45, 7) is 5.38. The Morgan fingerprint density at radius 2 is 2.26 bits per heavy atom. The number of aromatic nitrogens is 4. The first-order valence-electron chi connectivity index (χ1n) is 7.91. The van der Waals surface area contributed by atoms with Gasteiger partial charge in [0.05, 0.1) is 24.1 Å². The van der Waals surface area contributed by atoms with E-state index in [1.165, 1.54) is 6.20 Å². The first kappa shape index (κ1) is 15.6. The van der Waals surface area contributed by atoms with Gasteiger partial charge in [0.25, 0.3) is 5.91 Å². The molecule has 0 saturated carbocycles. The van der Waals surface area contributed by atoms with E-state index in [1.807, 2.05) is 30.9 Å². The number of nitrogens with zero attached hydrogens (tertiary/aromatic N) is 4. The molecule has 3 heterocycles. The van der Waals surface area contributed by atoms with Crippen LogP contribution in [0.3, 0.4) is 0 Å². The number of amides is 1. The highest BCUT2D eigenvalue weighted by Gasteiger charge is 2.30. The van der Waals surface area contributed by atoms with Crippen LogP contribution in [-0.2, 0) is 11.3 Å². The molecule has 1 aliphatic heterocycles. The van der Waals surface area contributed by atoms with Crippen molar-refractivity contribution in [2.75, 3.05) is 6.61 Å². The van der Waals surface area contributed by atoms with Gasteiger partial charge in [-0.1, -0.05) is 0 Å². The van der Waals surface area contributed by atoms with Crippen molar-refractivity contribution in [3.8, 4) is 0 Å². The van der Waals surface area contributed by atoms with E-state index in [2.05, 4.69) is 20.4 Å². The van der Waals surface area contributed by atoms with Gasteiger partial charge in [0, 0.05) is 31.1 Å². The smallest absolute Gasteiger partial charge is 0.271 e. The van der Waals surface area contributed by atoms with Crippen LogP contribution >= 0.6 is 0 Å². The van der Waals surface area contributed by atoms with Crippen LogP contribution in [0.15, 0.2) is 24.8 Å². The molecule has 2 atom stereocenters. The third kappa shape index (κ3) is 3.56. The average Bonchev–Trinajstić information content (AvgIpc) is 3.05. The summed E-state index contributed by atoms with van der Waals surface area (Å²) >= 11 is 0. The Morgan fingerprint density at radius 1 is 1.39 bits per heavy atom. The van der Waals surface area contributed by atoms with Crippen molar-refractivity contribution in [1.29, 1.82) is 0 Å². The second-order valence-electron chi connectivity index (χ2n) is 5.69. The Labute approximate surface area is 135 Å². The third-order valence-electron chi connectivity index (χ3n) is 3.96. The molecule has 1 aliphatic rings. The second kappa shape index (κ2) is 6.87. The lowest BCUT2D eigenvalue weighted by Gasteiger charge is -2.31. The lowest BCUT2D eigenvalue weighted by Crippen LogP contribution is -2.43. The second-order valence-corrected chi connectivity index (χ2v) is 5.69. The number of nitrogens with one attached hydrogen (secondary N) is 1. The molecule has 0 spiro atoms. The molecule has 1 N–H and O–H groups in total. The van der Waals surface area contributed by atoms with Crippen molar-refractivity contribution in [3.05, 3.63) is 41.7 Å². The number of carbonyl (C=O) groups is 1. The van der Waals surface area contributed by atoms with Crippen LogP contribution in [0.25, 0.3) is 0 Å². The molecule has 0 radical (unpaired) electrons. The molecule has 3 rings (SSSR count). The van der Waals surface area contributed by atoms with Crippen LogP contribution in [-0.4, -0.2) is 38.3 Å². The molecule has 122 valence electrons. The van der Waals surface area contributed by atoms with Crippen molar-refractivity contribution >= 4 is 5.91 Å². The lowest BCUT2D eigenvalue weighted by atomic mass is 9.98. The summed E-state index contributed by atoms with van der Waals surface area (Å²) in [5.74, 6) is -0.221. The molecule has 1 amide bonds. The first-order chi connectivity index (χ1) is 11.2. The van der Waals surface area contributed by atoms with Gasteiger partial charge < -0.3 is 10.1 Å². The minimum atomic E-state index is -0.221. The summed E-state index contributed by atoms with van der Waals surface area (Å²) in [7, 11) is 0. The van der Waals surface area contributed by atoms with Crippen LogP contribution in [0.5, 0.6) is 0 Å². The van der Waals surface area contributed by atoms with E-state index in [0.29, 0.717) is 12.3 Å². The number of aryl methyl sites for hydroxylation is 2. The third-order valence-corrected chi connectivity index (χ3v) is 3.96. The van der Waals surface area contributed by atoms with E-state index in [-0.39, 0.29) is 18.1 Å². The fourth-order valence-corrected chi connectivity index (χ4v) is 2.71. The normalized spacial score (nSPS) is 21.1. The Kier molecular flexibility index (Phi) is 4.66. The van der Waals surface area contributed by atoms with Gasteiger partial charge in [-0.3, -0.25) is 14.5 Å². The van der Waals surface area contributed by atoms with E-state index in [9.17, 15) is 4.79 Å². The van der Waals surface area contributed by atoms with Crippen LogP contribution < -0.4 is 5.32 Å². The summed E-state index contributed by atoms with van der Waals surface area (Å²) in [6.07, 6.45) is 8.49. The zero-order valence-electron chi connectivity index (χ0n) is 13.4. The predicted molar refractivity (Wildman–Crippen MR) is 83.9 cm³/mol. The standard InChI is InChI=1S/C16H21N5O2/c1-3-21-10-12(8-19-21)15-13(5-4-6-23-15)20-16(22)14-9-17-11(2)7-18-14/h7-10,13,15H,3-6H2,1-2H3,(H,20,22)/t13-,15+/m0/s1. The van der Waals surface area contributed by atoms with Crippen molar-refractivity contribution in [1.82, 2.24) is 25.1 Å². The molecule has 0 aliphatic carbocycles. The molecule has 0 aromatic carbocycles. The van der Waals surface area contributed by atoms with Gasteiger partial charge in [0.1, 0.15) is 11.8 Å². The summed E-state index contributed by atoms with van der Waals surface area (Å²) in [6, 6.07) is -0.0890. The van der Waals surface area contributed by atoms with Gasteiger partial charge in [-0.15, -0.1) is 0 Å². The Balaban J connectivity index is 1.73. The Morgan fingerprint density at radius 3 is 2.96 bits per heavy atom. The summed E-state index contributed by atoms with van der Waals surface area (Å²) in [5, 5.41) is 7.32. The lowest BCUT2D eigenvalue weighted by molar-refractivity contribution is -0.00956. The van der Waals surface area contributed by atoms with Crippen LogP contribution in [0, 0.1) is 6.92 Å². The SMILES string of the molecule is CCn1cc([C@H]2OCCC[C@@H]2NC(=O)c2cnc(C)cn2)cn1. The number of hydrogen-bond donors (Lipinski definition) is 1. The highest BCUT2D eigenvalue weighted by atomic mass is 16.5. The van der Waals surface area contributed by atoms with Crippen LogP contribution in [0.2, 0.25) is 0 Å². The summed E-state index contributed by atoms with van der Waals surface area (Å²) in [5.41, 5.74) is 2.10. The number of ether oxygens (including phenoxy) is 1. The van der Waals surface area contributed by atoms with E-state index in [4.69, 9.17) is 4.74 Å². The highest BCUT2D eigenvalue weighted by molar-refractivity contribution is 5.92. The largest absolute Gasteiger partial charge is 0.371 e. The molecule has 7 nitrogen and oxygen atoms in total. The molecule has 2 aromatic heterocycles. The fraction of sp³-hybridized carbons (Fsp3) is 0.500. The Hall–Kier alpha value is -2.28. The maximum absolute atomic E-state index is 12.4. The molecular formula is C16H21N5O2. The minimum absolute atomic E-state index is 0.0890. The number of carbonyl (C=O) groups excluding carboxylic acids is 1. The molecule has 2 aromatic rings. The molecule has 0 unspecified atom stereocenters. The van der Waals surface area contributed by atoms with Crippen molar-refractivity contribution in [3.63, 3.8) is 0 Å². The molecule has 23 heavy (non-hydrogen) atoms. The monoisotopic (exact) mass is 315 g/mol. The maximum atomic E-state index is 12.4. The zero-order valence-corrected chi connectivity index (χ0v) is 13.4. The molecule has 1 fully saturated rings. The van der Waals surface area contributed by atoms with Gasteiger partial charge >= 0.3 is 0 Å². The quantitative estimate of drug-likeness (QED) is 0.927. The number of hydrogen-bond acceptors (Lipinski definition) is 5. The van der Waals surface area contributed by atoms with Crippen LogP contribution in [0.4, 0.5) is 0 Å². The molecule has 7 heteroatoms.